The highest BCUT2D eigenvalue weighted by Gasteiger charge is 2.29. The molecule has 1 aromatic rings. The molecule has 0 saturated heterocycles. The van der Waals surface area contributed by atoms with Crippen molar-refractivity contribution in [1.82, 2.24) is 15.1 Å². The largest absolute Gasteiger partial charge is 0.384 e. The number of fused-ring (bicyclic) bond motifs is 1. The molecule has 1 fully saturated rings. The molecule has 1 saturated carbocycles. The van der Waals surface area contributed by atoms with Gasteiger partial charge in [0, 0.05) is 12.1 Å². The van der Waals surface area contributed by atoms with E-state index in [4.69, 9.17) is 5.73 Å². The highest BCUT2D eigenvalue weighted by molar-refractivity contribution is 5.45. The molecule has 0 spiro atoms. The summed E-state index contributed by atoms with van der Waals surface area (Å²) in [6.45, 7) is 1.92. The van der Waals surface area contributed by atoms with E-state index in [1.807, 2.05) is 4.68 Å². The third-order valence-corrected chi connectivity index (χ3v) is 2.87. The first-order valence-corrected chi connectivity index (χ1v) is 4.92. The van der Waals surface area contributed by atoms with E-state index in [2.05, 4.69) is 10.4 Å². The van der Waals surface area contributed by atoms with Crippen LogP contribution in [-0.4, -0.2) is 16.3 Å². The van der Waals surface area contributed by atoms with E-state index in [0.717, 1.165) is 31.0 Å². The van der Waals surface area contributed by atoms with Crippen molar-refractivity contribution in [2.45, 2.75) is 31.8 Å². The zero-order valence-electron chi connectivity index (χ0n) is 7.58. The summed E-state index contributed by atoms with van der Waals surface area (Å²) in [6, 6.07) is 0.602. The molecule has 0 radical (unpaired) electrons. The molecule has 0 atom stereocenters. The van der Waals surface area contributed by atoms with Crippen molar-refractivity contribution in [3.8, 4) is 0 Å². The summed E-state index contributed by atoms with van der Waals surface area (Å²) in [5.41, 5.74) is 8.48. The van der Waals surface area contributed by atoms with Gasteiger partial charge >= 0.3 is 0 Å². The fourth-order valence-electron chi connectivity index (χ4n) is 1.96. The molecule has 4 heteroatoms. The van der Waals surface area contributed by atoms with Gasteiger partial charge in [0.25, 0.3) is 0 Å². The summed E-state index contributed by atoms with van der Waals surface area (Å²) in [6.07, 6.45) is 3.53. The molecule has 4 nitrogen and oxygen atoms in total. The monoisotopic (exact) mass is 178 g/mol. The maximum atomic E-state index is 6.04. The van der Waals surface area contributed by atoms with E-state index in [0.29, 0.717) is 6.04 Å². The lowest BCUT2D eigenvalue weighted by molar-refractivity contribution is 0.603. The fraction of sp³-hybridized carbons (Fsp3) is 0.667. The fourth-order valence-corrected chi connectivity index (χ4v) is 1.96. The molecular formula is C9H14N4. The Morgan fingerprint density at radius 2 is 2.31 bits per heavy atom. The van der Waals surface area contributed by atoms with E-state index in [-0.39, 0.29) is 0 Å². The molecule has 2 aliphatic rings. The maximum Gasteiger partial charge on any atom is 0.125 e. The highest BCUT2D eigenvalue weighted by atomic mass is 15.4. The molecule has 2 heterocycles. The molecular weight excluding hydrogens is 164 g/mol. The zero-order valence-corrected chi connectivity index (χ0v) is 7.58. The number of nitrogen functional groups attached to an aromatic ring is 1. The van der Waals surface area contributed by atoms with Crippen LogP contribution >= 0.6 is 0 Å². The Kier molecular flexibility index (Phi) is 1.41. The van der Waals surface area contributed by atoms with Gasteiger partial charge in [0.15, 0.2) is 0 Å². The van der Waals surface area contributed by atoms with Crippen LogP contribution in [0, 0.1) is 0 Å². The second-order valence-electron chi connectivity index (χ2n) is 3.91. The van der Waals surface area contributed by atoms with Crippen LogP contribution in [0.15, 0.2) is 0 Å². The molecule has 0 bridgehead atoms. The smallest absolute Gasteiger partial charge is 0.125 e. The standard InChI is InChI=1S/C9H14N4/c10-9-7-3-4-11-5-8(7)12-13(9)6-1-2-6/h6,11H,1-5,10H2. The molecule has 0 unspecified atom stereocenters. The van der Waals surface area contributed by atoms with Gasteiger partial charge in [-0.1, -0.05) is 0 Å². The first-order chi connectivity index (χ1) is 6.36. The Morgan fingerprint density at radius 3 is 3.00 bits per heavy atom. The highest BCUT2D eigenvalue weighted by Crippen LogP contribution is 2.37. The summed E-state index contributed by atoms with van der Waals surface area (Å²) < 4.78 is 2.03. The second-order valence-corrected chi connectivity index (χ2v) is 3.91. The van der Waals surface area contributed by atoms with E-state index < -0.39 is 0 Å². The van der Waals surface area contributed by atoms with Crippen molar-refractivity contribution in [2.75, 3.05) is 12.3 Å². The number of hydrogen-bond acceptors (Lipinski definition) is 3. The lowest BCUT2D eigenvalue weighted by Crippen LogP contribution is -2.23. The molecule has 0 aromatic carbocycles. The van der Waals surface area contributed by atoms with Crippen molar-refractivity contribution in [1.29, 1.82) is 0 Å². The van der Waals surface area contributed by atoms with Crippen LogP contribution in [0.4, 0.5) is 5.82 Å². The van der Waals surface area contributed by atoms with Gasteiger partial charge in [0.05, 0.1) is 11.7 Å². The van der Waals surface area contributed by atoms with Crippen LogP contribution in [0.2, 0.25) is 0 Å². The Morgan fingerprint density at radius 1 is 1.46 bits per heavy atom. The Balaban J connectivity index is 2.06. The van der Waals surface area contributed by atoms with Gasteiger partial charge in [0.1, 0.15) is 5.82 Å². The van der Waals surface area contributed by atoms with Gasteiger partial charge in [-0.25, -0.2) is 4.68 Å². The van der Waals surface area contributed by atoms with Gasteiger partial charge in [-0.15, -0.1) is 0 Å². The van der Waals surface area contributed by atoms with Gasteiger partial charge in [-0.05, 0) is 25.8 Å². The predicted molar refractivity (Wildman–Crippen MR) is 50.3 cm³/mol. The van der Waals surface area contributed by atoms with Crippen LogP contribution < -0.4 is 11.1 Å². The normalized spacial score (nSPS) is 21.5. The van der Waals surface area contributed by atoms with Crippen molar-refractivity contribution in [3.63, 3.8) is 0 Å². The first kappa shape index (κ1) is 7.38. The number of aromatic nitrogens is 2. The number of nitrogens with zero attached hydrogens (tertiary/aromatic N) is 2. The number of nitrogens with one attached hydrogen (secondary N) is 1. The Labute approximate surface area is 77.1 Å². The molecule has 1 aliphatic carbocycles. The van der Waals surface area contributed by atoms with E-state index in [9.17, 15) is 0 Å². The third-order valence-electron chi connectivity index (χ3n) is 2.87. The Hall–Kier alpha value is -1.03. The van der Waals surface area contributed by atoms with Crippen LogP contribution in [0.3, 0.4) is 0 Å². The molecule has 70 valence electrons. The summed E-state index contributed by atoms with van der Waals surface area (Å²) in [4.78, 5) is 0. The maximum absolute atomic E-state index is 6.04. The topological polar surface area (TPSA) is 55.9 Å². The molecule has 13 heavy (non-hydrogen) atoms. The van der Waals surface area contributed by atoms with Crippen molar-refractivity contribution >= 4 is 5.82 Å². The zero-order chi connectivity index (χ0) is 8.84. The van der Waals surface area contributed by atoms with Gasteiger partial charge in [-0.2, -0.15) is 5.10 Å². The summed E-state index contributed by atoms with van der Waals surface area (Å²) in [5.74, 6) is 0.916. The number of nitrogens with two attached hydrogens (primary N) is 1. The van der Waals surface area contributed by atoms with Crippen LogP contribution in [0.1, 0.15) is 30.1 Å². The summed E-state index contributed by atoms with van der Waals surface area (Å²) in [5, 5.41) is 7.85. The average Bonchev–Trinajstić information content (AvgIpc) is 2.94. The quantitative estimate of drug-likeness (QED) is 0.656. The molecule has 3 N–H and O–H groups in total. The number of rotatable bonds is 1. The minimum Gasteiger partial charge on any atom is -0.384 e. The molecule has 0 amide bonds. The van der Waals surface area contributed by atoms with Crippen LogP contribution in [0.25, 0.3) is 0 Å². The summed E-state index contributed by atoms with van der Waals surface area (Å²) in [7, 11) is 0. The second kappa shape index (κ2) is 2.48. The van der Waals surface area contributed by atoms with Crippen LogP contribution in [-0.2, 0) is 13.0 Å². The average molecular weight is 178 g/mol. The SMILES string of the molecule is Nc1c2c(nn1C1CC1)CNCC2. The minimum absolute atomic E-state index is 0.602. The molecule has 1 aliphatic heterocycles. The summed E-state index contributed by atoms with van der Waals surface area (Å²) >= 11 is 0. The van der Waals surface area contributed by atoms with Crippen molar-refractivity contribution < 1.29 is 0 Å². The van der Waals surface area contributed by atoms with Crippen LogP contribution in [0.5, 0.6) is 0 Å². The van der Waals surface area contributed by atoms with Crippen molar-refractivity contribution in [2.24, 2.45) is 0 Å². The van der Waals surface area contributed by atoms with E-state index in [1.165, 1.54) is 18.4 Å². The van der Waals surface area contributed by atoms with Gasteiger partial charge < -0.3 is 11.1 Å². The van der Waals surface area contributed by atoms with Gasteiger partial charge in [-0.3, -0.25) is 0 Å². The number of hydrogen-bond donors (Lipinski definition) is 2. The van der Waals surface area contributed by atoms with E-state index in [1.54, 1.807) is 0 Å². The minimum atomic E-state index is 0.602. The predicted octanol–water partition coefficient (Wildman–Crippen LogP) is 0.446. The number of anilines is 1. The first-order valence-electron chi connectivity index (χ1n) is 4.92. The molecule has 3 rings (SSSR count). The lowest BCUT2D eigenvalue weighted by Gasteiger charge is -2.10. The molecule has 1 aromatic heterocycles. The van der Waals surface area contributed by atoms with E-state index >= 15 is 0 Å². The Bertz CT molecular complexity index is 338. The third kappa shape index (κ3) is 1.05. The van der Waals surface area contributed by atoms with Gasteiger partial charge in [0.2, 0.25) is 0 Å². The lowest BCUT2D eigenvalue weighted by atomic mass is 10.1. The van der Waals surface area contributed by atoms with Crippen molar-refractivity contribution in [3.05, 3.63) is 11.3 Å².